The van der Waals surface area contributed by atoms with E-state index in [1.54, 1.807) is 0 Å². The largest absolute Gasteiger partial charge is 0.411 e. The lowest BCUT2D eigenvalue weighted by Gasteiger charge is -2.06. The number of nitrogens with zero attached hydrogens (tertiary/aromatic N) is 1. The molecule has 0 saturated carbocycles. The average molecular weight is 316 g/mol. The van der Waals surface area contributed by atoms with Gasteiger partial charge in [0.1, 0.15) is 6.61 Å². The quantitative estimate of drug-likeness (QED) is 0.831. The van der Waals surface area contributed by atoms with Crippen molar-refractivity contribution in [2.75, 3.05) is 13.2 Å². The molecule has 3 nitrogen and oxygen atoms in total. The molecule has 2 N–H and O–H groups in total. The third-order valence-electron chi connectivity index (χ3n) is 2.70. The van der Waals surface area contributed by atoms with Crippen LogP contribution in [0, 0.1) is 0 Å². The van der Waals surface area contributed by atoms with Crippen LogP contribution in [0.4, 0.5) is 13.2 Å². The van der Waals surface area contributed by atoms with Crippen molar-refractivity contribution in [2.24, 2.45) is 5.73 Å². The van der Waals surface area contributed by atoms with Crippen LogP contribution in [0.2, 0.25) is 0 Å². The Morgan fingerprint density at radius 3 is 2.52 bits per heavy atom. The maximum atomic E-state index is 12.0. The third kappa shape index (κ3) is 4.80. The van der Waals surface area contributed by atoms with Gasteiger partial charge in [0.15, 0.2) is 0 Å². The SMILES string of the molecule is NCc1nc(CCOCC(F)(F)F)sc1-c1ccccc1. The zero-order valence-corrected chi connectivity index (χ0v) is 12.0. The van der Waals surface area contributed by atoms with E-state index in [2.05, 4.69) is 9.72 Å². The van der Waals surface area contributed by atoms with Gasteiger partial charge in [0.05, 0.1) is 22.2 Å². The van der Waals surface area contributed by atoms with Crippen LogP contribution in [0.1, 0.15) is 10.7 Å². The second-order valence-electron chi connectivity index (χ2n) is 4.37. The number of halogens is 3. The van der Waals surface area contributed by atoms with Crippen molar-refractivity contribution >= 4 is 11.3 Å². The van der Waals surface area contributed by atoms with Crippen molar-refractivity contribution in [3.8, 4) is 10.4 Å². The Bertz CT molecular complexity index is 569. The van der Waals surface area contributed by atoms with Gasteiger partial charge in [0, 0.05) is 13.0 Å². The Labute approximate surface area is 124 Å². The van der Waals surface area contributed by atoms with Gasteiger partial charge in [-0.2, -0.15) is 13.2 Å². The van der Waals surface area contributed by atoms with E-state index in [4.69, 9.17) is 5.73 Å². The molecule has 0 saturated heterocycles. The Hall–Kier alpha value is -1.44. The molecule has 0 aliphatic heterocycles. The van der Waals surface area contributed by atoms with Gasteiger partial charge >= 0.3 is 6.18 Å². The zero-order chi connectivity index (χ0) is 15.3. The third-order valence-corrected chi connectivity index (χ3v) is 3.90. The highest BCUT2D eigenvalue weighted by molar-refractivity contribution is 7.15. The summed E-state index contributed by atoms with van der Waals surface area (Å²) >= 11 is 1.44. The number of hydrogen-bond acceptors (Lipinski definition) is 4. The number of thiazole rings is 1. The molecular weight excluding hydrogens is 301 g/mol. The highest BCUT2D eigenvalue weighted by Gasteiger charge is 2.27. The molecule has 21 heavy (non-hydrogen) atoms. The van der Waals surface area contributed by atoms with Gasteiger partial charge in [-0.15, -0.1) is 11.3 Å². The van der Waals surface area contributed by atoms with Crippen LogP contribution in [0.15, 0.2) is 30.3 Å². The van der Waals surface area contributed by atoms with Crippen molar-refractivity contribution < 1.29 is 17.9 Å². The number of hydrogen-bond donors (Lipinski definition) is 1. The van der Waals surface area contributed by atoms with Gasteiger partial charge in [-0.25, -0.2) is 4.98 Å². The first-order valence-electron chi connectivity index (χ1n) is 6.38. The highest BCUT2D eigenvalue weighted by atomic mass is 32.1. The van der Waals surface area contributed by atoms with E-state index >= 15 is 0 Å². The minimum Gasteiger partial charge on any atom is -0.372 e. The minimum absolute atomic E-state index is 0.00867. The van der Waals surface area contributed by atoms with E-state index in [0.29, 0.717) is 13.0 Å². The first-order valence-corrected chi connectivity index (χ1v) is 7.20. The molecule has 2 rings (SSSR count). The molecule has 1 heterocycles. The number of nitrogens with two attached hydrogens (primary N) is 1. The maximum Gasteiger partial charge on any atom is 0.411 e. The molecule has 1 aromatic heterocycles. The average Bonchev–Trinajstić information content (AvgIpc) is 2.87. The van der Waals surface area contributed by atoms with Crippen LogP contribution >= 0.6 is 11.3 Å². The number of alkyl halides is 3. The van der Waals surface area contributed by atoms with E-state index in [1.807, 2.05) is 30.3 Å². The fraction of sp³-hybridized carbons (Fsp3) is 0.357. The lowest BCUT2D eigenvalue weighted by molar-refractivity contribution is -0.173. The lowest BCUT2D eigenvalue weighted by Crippen LogP contribution is -2.17. The molecule has 0 spiro atoms. The van der Waals surface area contributed by atoms with Gasteiger partial charge in [-0.05, 0) is 5.56 Å². The zero-order valence-electron chi connectivity index (χ0n) is 11.2. The van der Waals surface area contributed by atoms with E-state index in [-0.39, 0.29) is 6.61 Å². The van der Waals surface area contributed by atoms with Crippen LogP contribution in [0.5, 0.6) is 0 Å². The maximum absolute atomic E-state index is 12.0. The number of rotatable bonds is 6. The molecular formula is C14H15F3N2OS. The summed E-state index contributed by atoms with van der Waals surface area (Å²) in [5, 5.41) is 0.733. The van der Waals surface area contributed by atoms with E-state index in [9.17, 15) is 13.2 Å². The summed E-state index contributed by atoms with van der Waals surface area (Å²) in [5.41, 5.74) is 7.45. The first-order chi connectivity index (χ1) is 9.99. The molecule has 0 atom stereocenters. The van der Waals surface area contributed by atoms with Crippen LogP contribution in [-0.2, 0) is 17.7 Å². The normalized spacial score (nSPS) is 11.8. The Morgan fingerprint density at radius 2 is 1.90 bits per heavy atom. The fourth-order valence-corrected chi connectivity index (χ4v) is 2.89. The van der Waals surface area contributed by atoms with Gasteiger partial charge in [0.2, 0.25) is 0 Å². The van der Waals surface area contributed by atoms with Gasteiger partial charge in [-0.1, -0.05) is 30.3 Å². The summed E-state index contributed by atoms with van der Waals surface area (Å²) in [7, 11) is 0. The van der Waals surface area contributed by atoms with Crippen LogP contribution in [0.25, 0.3) is 10.4 Å². The van der Waals surface area contributed by atoms with Crippen LogP contribution < -0.4 is 5.73 Å². The van der Waals surface area contributed by atoms with Crippen LogP contribution in [-0.4, -0.2) is 24.4 Å². The van der Waals surface area contributed by atoms with E-state index in [0.717, 1.165) is 21.1 Å². The molecule has 0 radical (unpaired) electrons. The number of benzene rings is 1. The molecule has 0 aliphatic carbocycles. The summed E-state index contributed by atoms with van der Waals surface area (Å²) < 4.78 is 40.5. The van der Waals surface area contributed by atoms with Crippen molar-refractivity contribution in [2.45, 2.75) is 19.1 Å². The summed E-state index contributed by atoms with van der Waals surface area (Å²) in [6.07, 6.45) is -3.94. The minimum atomic E-state index is -4.29. The van der Waals surface area contributed by atoms with Crippen molar-refractivity contribution in [3.63, 3.8) is 0 Å². The smallest absolute Gasteiger partial charge is 0.372 e. The molecule has 0 bridgehead atoms. The van der Waals surface area contributed by atoms with Crippen LogP contribution in [0.3, 0.4) is 0 Å². The summed E-state index contributed by atoms with van der Waals surface area (Å²) in [6.45, 7) is -0.941. The van der Waals surface area contributed by atoms with E-state index in [1.165, 1.54) is 11.3 Å². The second kappa shape index (κ2) is 7.02. The van der Waals surface area contributed by atoms with Gasteiger partial charge in [0.25, 0.3) is 0 Å². The molecule has 7 heteroatoms. The Morgan fingerprint density at radius 1 is 1.19 bits per heavy atom. The van der Waals surface area contributed by atoms with Crippen molar-refractivity contribution in [3.05, 3.63) is 41.0 Å². The Kier molecular flexibility index (Phi) is 5.33. The molecule has 1 aromatic carbocycles. The topological polar surface area (TPSA) is 48.1 Å². The summed E-state index contributed by atoms with van der Waals surface area (Å²) in [5.74, 6) is 0. The lowest BCUT2D eigenvalue weighted by atomic mass is 10.1. The molecule has 0 unspecified atom stereocenters. The molecule has 0 amide bonds. The molecule has 114 valence electrons. The second-order valence-corrected chi connectivity index (χ2v) is 5.45. The molecule has 0 fully saturated rings. The number of aromatic nitrogens is 1. The molecule has 2 aromatic rings. The number of ether oxygens (including phenoxy) is 1. The standard InChI is InChI=1S/C14H15F3N2OS/c15-14(16,17)9-20-7-6-12-19-11(8-18)13(21-12)10-4-2-1-3-5-10/h1-5H,6-9,18H2. The van der Waals surface area contributed by atoms with Crippen molar-refractivity contribution in [1.29, 1.82) is 0 Å². The summed E-state index contributed by atoms with van der Waals surface area (Å²) in [6, 6.07) is 9.66. The van der Waals surface area contributed by atoms with Gasteiger partial charge < -0.3 is 10.5 Å². The Balaban J connectivity index is 2.01. The predicted octanol–water partition coefficient (Wildman–Crippen LogP) is 3.39. The fourth-order valence-electron chi connectivity index (χ4n) is 1.81. The monoisotopic (exact) mass is 316 g/mol. The first kappa shape index (κ1) is 15.9. The van der Waals surface area contributed by atoms with Gasteiger partial charge in [-0.3, -0.25) is 0 Å². The predicted molar refractivity (Wildman–Crippen MR) is 76.0 cm³/mol. The highest BCUT2D eigenvalue weighted by Crippen LogP contribution is 2.30. The summed E-state index contributed by atoms with van der Waals surface area (Å²) in [4.78, 5) is 5.33. The van der Waals surface area contributed by atoms with E-state index < -0.39 is 12.8 Å². The van der Waals surface area contributed by atoms with Crippen molar-refractivity contribution in [1.82, 2.24) is 4.98 Å². The molecule has 0 aliphatic rings.